The van der Waals surface area contributed by atoms with E-state index in [-0.39, 0.29) is 0 Å². The smallest absolute Gasteiger partial charge is 0.222 e. The maximum absolute atomic E-state index is 6.25. The van der Waals surface area contributed by atoms with Gasteiger partial charge in [0.15, 0.2) is 0 Å². The highest BCUT2D eigenvalue weighted by atomic mass is 16.5. The summed E-state index contributed by atoms with van der Waals surface area (Å²) in [5.41, 5.74) is 3.84. The topological polar surface area (TPSA) is 47.0 Å². The SMILES string of the molecule is C=C(c1ccc(C2CCCCC2)cc1)C(C)(C)Oc1ncnc(NC)c1C. The second-order valence-electron chi connectivity index (χ2n) is 7.95. The van der Waals surface area contributed by atoms with Crippen LogP contribution >= 0.6 is 0 Å². The van der Waals surface area contributed by atoms with Crippen molar-refractivity contribution in [3.8, 4) is 5.88 Å². The molecule has 1 saturated carbocycles. The number of hydrogen-bond donors (Lipinski definition) is 1. The summed E-state index contributed by atoms with van der Waals surface area (Å²) in [6.07, 6.45) is 8.24. The van der Waals surface area contributed by atoms with Crippen LogP contribution in [-0.2, 0) is 0 Å². The molecule has 2 aromatic rings. The van der Waals surface area contributed by atoms with Crippen LogP contribution in [0.1, 0.15) is 68.6 Å². The third kappa shape index (κ3) is 4.32. The summed E-state index contributed by atoms with van der Waals surface area (Å²) >= 11 is 0. The fourth-order valence-electron chi connectivity index (χ4n) is 3.83. The van der Waals surface area contributed by atoms with Crippen molar-refractivity contribution in [1.29, 1.82) is 0 Å². The molecule has 1 heterocycles. The predicted molar refractivity (Wildman–Crippen MR) is 112 cm³/mol. The fraction of sp³-hybridized carbons (Fsp3) is 0.478. The van der Waals surface area contributed by atoms with Gasteiger partial charge in [0, 0.05) is 7.05 Å². The van der Waals surface area contributed by atoms with Crippen molar-refractivity contribution in [1.82, 2.24) is 9.97 Å². The van der Waals surface area contributed by atoms with Gasteiger partial charge < -0.3 is 10.1 Å². The zero-order valence-corrected chi connectivity index (χ0v) is 17.0. The lowest BCUT2D eigenvalue weighted by molar-refractivity contribution is 0.163. The van der Waals surface area contributed by atoms with Gasteiger partial charge in [0.05, 0.1) is 5.56 Å². The van der Waals surface area contributed by atoms with E-state index in [1.54, 1.807) is 0 Å². The van der Waals surface area contributed by atoms with Crippen LogP contribution in [0.4, 0.5) is 5.82 Å². The molecule has 144 valence electrons. The Balaban J connectivity index is 1.75. The van der Waals surface area contributed by atoms with E-state index in [0.29, 0.717) is 11.8 Å². The molecule has 0 amide bonds. The maximum atomic E-state index is 6.25. The minimum atomic E-state index is -0.573. The third-order valence-electron chi connectivity index (χ3n) is 5.69. The standard InChI is InChI=1S/C23H31N3O/c1-16-21(24-5)25-15-26-22(16)27-23(3,4)17(2)18-11-13-20(14-12-18)19-9-7-6-8-10-19/h11-15,19H,2,6-10H2,1,3-5H3,(H,24,25,26). The Labute approximate surface area is 163 Å². The quantitative estimate of drug-likeness (QED) is 0.708. The lowest BCUT2D eigenvalue weighted by atomic mass is 9.83. The highest BCUT2D eigenvalue weighted by Crippen LogP contribution is 2.35. The highest BCUT2D eigenvalue weighted by molar-refractivity contribution is 5.70. The monoisotopic (exact) mass is 365 g/mol. The Bertz CT molecular complexity index is 790. The summed E-state index contributed by atoms with van der Waals surface area (Å²) in [5, 5.41) is 3.07. The number of ether oxygens (including phenoxy) is 1. The molecule has 4 heteroatoms. The molecule has 0 atom stereocenters. The number of hydrogen-bond acceptors (Lipinski definition) is 4. The first-order chi connectivity index (χ1) is 12.9. The summed E-state index contributed by atoms with van der Waals surface area (Å²) in [7, 11) is 1.84. The van der Waals surface area contributed by atoms with Gasteiger partial charge in [-0.3, -0.25) is 0 Å². The molecule has 0 saturated heterocycles. The van der Waals surface area contributed by atoms with Crippen LogP contribution in [0.25, 0.3) is 5.57 Å². The summed E-state index contributed by atoms with van der Waals surface area (Å²) in [6, 6.07) is 8.90. The van der Waals surface area contributed by atoms with Crippen molar-refractivity contribution >= 4 is 11.4 Å². The van der Waals surface area contributed by atoms with E-state index >= 15 is 0 Å². The van der Waals surface area contributed by atoms with Gasteiger partial charge in [0.25, 0.3) is 0 Å². The zero-order valence-electron chi connectivity index (χ0n) is 17.0. The van der Waals surface area contributed by atoms with Crippen molar-refractivity contribution in [3.05, 3.63) is 53.9 Å². The zero-order chi connectivity index (χ0) is 19.4. The van der Waals surface area contributed by atoms with Gasteiger partial charge in [0.1, 0.15) is 17.7 Å². The van der Waals surface area contributed by atoms with Gasteiger partial charge in [-0.15, -0.1) is 0 Å². The molecule has 1 aromatic heterocycles. The number of benzene rings is 1. The Morgan fingerprint density at radius 3 is 2.41 bits per heavy atom. The van der Waals surface area contributed by atoms with Crippen molar-refractivity contribution in [3.63, 3.8) is 0 Å². The largest absolute Gasteiger partial charge is 0.466 e. The van der Waals surface area contributed by atoms with Gasteiger partial charge in [-0.05, 0) is 56.2 Å². The average molecular weight is 366 g/mol. The third-order valence-corrected chi connectivity index (χ3v) is 5.69. The van der Waals surface area contributed by atoms with Crippen LogP contribution in [0.15, 0.2) is 37.2 Å². The molecule has 4 nitrogen and oxygen atoms in total. The molecule has 0 unspecified atom stereocenters. The molecule has 1 aliphatic rings. The van der Waals surface area contributed by atoms with Crippen LogP contribution in [0, 0.1) is 6.92 Å². The van der Waals surface area contributed by atoms with Crippen molar-refractivity contribution < 1.29 is 4.74 Å². The Morgan fingerprint density at radius 1 is 1.11 bits per heavy atom. The molecule has 0 spiro atoms. The molecule has 0 bridgehead atoms. The Morgan fingerprint density at radius 2 is 1.78 bits per heavy atom. The van der Waals surface area contributed by atoms with Gasteiger partial charge in [-0.1, -0.05) is 50.1 Å². The first kappa shape index (κ1) is 19.4. The first-order valence-corrected chi connectivity index (χ1v) is 9.90. The summed E-state index contributed by atoms with van der Waals surface area (Å²) < 4.78 is 6.25. The van der Waals surface area contributed by atoms with Gasteiger partial charge in [0.2, 0.25) is 5.88 Å². The van der Waals surface area contributed by atoms with E-state index in [2.05, 4.69) is 46.1 Å². The summed E-state index contributed by atoms with van der Waals surface area (Å²) in [6.45, 7) is 10.3. The molecule has 1 N–H and O–H groups in total. The van der Waals surface area contributed by atoms with Crippen LogP contribution in [0.3, 0.4) is 0 Å². The van der Waals surface area contributed by atoms with Crippen molar-refractivity contribution in [2.45, 2.75) is 64.4 Å². The summed E-state index contributed by atoms with van der Waals surface area (Å²) in [4.78, 5) is 8.53. The number of nitrogens with one attached hydrogen (secondary N) is 1. The molecule has 0 aliphatic heterocycles. The first-order valence-electron chi connectivity index (χ1n) is 9.90. The van der Waals surface area contributed by atoms with Crippen molar-refractivity contribution in [2.24, 2.45) is 0 Å². The molecule has 0 radical (unpaired) electrons. The second kappa shape index (κ2) is 8.12. The number of anilines is 1. The second-order valence-corrected chi connectivity index (χ2v) is 7.95. The lowest BCUT2D eigenvalue weighted by Crippen LogP contribution is -2.30. The minimum absolute atomic E-state index is 0.573. The number of rotatable bonds is 6. The number of nitrogens with zero attached hydrogens (tertiary/aromatic N) is 2. The fourth-order valence-corrected chi connectivity index (χ4v) is 3.83. The molecular formula is C23H31N3O. The highest BCUT2D eigenvalue weighted by Gasteiger charge is 2.27. The predicted octanol–water partition coefficient (Wildman–Crippen LogP) is 5.75. The Hall–Kier alpha value is -2.36. The molecule has 1 aliphatic carbocycles. The van der Waals surface area contributed by atoms with E-state index in [4.69, 9.17) is 4.74 Å². The Kier molecular flexibility index (Phi) is 5.83. The molecule has 1 fully saturated rings. The normalized spacial score (nSPS) is 15.4. The maximum Gasteiger partial charge on any atom is 0.222 e. The minimum Gasteiger partial charge on any atom is -0.466 e. The molecule has 3 rings (SSSR count). The van der Waals surface area contributed by atoms with E-state index < -0.39 is 5.60 Å². The van der Waals surface area contributed by atoms with E-state index in [1.807, 2.05) is 27.8 Å². The van der Waals surface area contributed by atoms with Gasteiger partial charge in [-0.25, -0.2) is 9.97 Å². The van der Waals surface area contributed by atoms with E-state index in [9.17, 15) is 0 Å². The van der Waals surface area contributed by atoms with Crippen LogP contribution in [0.5, 0.6) is 5.88 Å². The summed E-state index contributed by atoms with van der Waals surface area (Å²) in [5.74, 6) is 2.08. The van der Waals surface area contributed by atoms with Crippen molar-refractivity contribution in [2.75, 3.05) is 12.4 Å². The lowest BCUT2D eigenvalue weighted by Gasteiger charge is -2.29. The number of aromatic nitrogens is 2. The molecule has 27 heavy (non-hydrogen) atoms. The van der Waals surface area contributed by atoms with E-state index in [1.165, 1.54) is 44.0 Å². The van der Waals surface area contributed by atoms with Gasteiger partial charge >= 0.3 is 0 Å². The van der Waals surface area contributed by atoms with Crippen LogP contribution in [-0.4, -0.2) is 22.6 Å². The van der Waals surface area contributed by atoms with Crippen LogP contribution < -0.4 is 10.1 Å². The van der Waals surface area contributed by atoms with E-state index in [0.717, 1.165) is 22.5 Å². The molecule has 1 aromatic carbocycles. The average Bonchev–Trinajstić information content (AvgIpc) is 2.69. The van der Waals surface area contributed by atoms with Gasteiger partial charge in [-0.2, -0.15) is 0 Å². The van der Waals surface area contributed by atoms with Crippen LogP contribution in [0.2, 0.25) is 0 Å². The molecular weight excluding hydrogens is 334 g/mol.